The molecule has 0 bridgehead atoms. The highest BCUT2D eigenvalue weighted by atomic mass is 28.4. The molecule has 0 aromatic rings. The van der Waals surface area contributed by atoms with Crippen molar-refractivity contribution in [1.82, 2.24) is 0 Å². The number of ether oxygens (including phenoxy) is 1. The first-order chi connectivity index (χ1) is 7.64. The third-order valence-corrected chi connectivity index (χ3v) is 5.00. The quantitative estimate of drug-likeness (QED) is 0.459. The highest BCUT2D eigenvalue weighted by Gasteiger charge is 2.40. The van der Waals surface area contributed by atoms with Gasteiger partial charge in [0, 0.05) is 32.3 Å². The van der Waals surface area contributed by atoms with E-state index in [2.05, 4.69) is 4.74 Å². The molecule has 0 N–H and O–H groups in total. The van der Waals surface area contributed by atoms with Gasteiger partial charge in [-0.25, -0.2) is 0 Å². The lowest BCUT2D eigenvalue weighted by Crippen LogP contribution is -2.46. The van der Waals surface area contributed by atoms with Crippen LogP contribution in [-0.4, -0.2) is 41.7 Å². The molecular weight excluding hydrogens is 228 g/mol. The van der Waals surface area contributed by atoms with Crippen molar-refractivity contribution < 1.29 is 22.8 Å². The molecule has 5 nitrogen and oxygen atoms in total. The molecule has 6 heteroatoms. The topological polar surface area (TPSA) is 54.0 Å². The first kappa shape index (κ1) is 15.6. The molecule has 0 aromatic carbocycles. The van der Waals surface area contributed by atoms with Crippen molar-refractivity contribution in [2.45, 2.75) is 33.2 Å². The van der Waals surface area contributed by atoms with Crippen molar-refractivity contribution in [3.63, 3.8) is 0 Å². The van der Waals surface area contributed by atoms with Gasteiger partial charge in [-0.05, 0) is 20.8 Å². The smallest absolute Gasteiger partial charge is 0.469 e. The highest BCUT2D eigenvalue weighted by Crippen LogP contribution is 2.18. The zero-order valence-corrected chi connectivity index (χ0v) is 11.6. The van der Waals surface area contributed by atoms with Crippen molar-refractivity contribution in [3.8, 4) is 0 Å². The maximum atomic E-state index is 11.1. The van der Waals surface area contributed by atoms with E-state index in [0.717, 1.165) is 0 Å². The summed E-state index contributed by atoms with van der Waals surface area (Å²) >= 11 is 0. The summed E-state index contributed by atoms with van der Waals surface area (Å²) in [5.41, 5.74) is 0. The lowest BCUT2D eigenvalue weighted by atomic mass is 10.5. The summed E-state index contributed by atoms with van der Waals surface area (Å²) in [6.07, 6.45) is 0.267. The number of carbonyl (C=O) groups excluding carboxylic acids is 1. The van der Waals surface area contributed by atoms with E-state index in [-0.39, 0.29) is 12.4 Å². The molecule has 16 heavy (non-hydrogen) atoms. The van der Waals surface area contributed by atoms with Crippen LogP contribution in [0.5, 0.6) is 0 Å². The second-order valence-corrected chi connectivity index (χ2v) is 5.79. The Balaban J connectivity index is 4.39. The number of hydrogen-bond donors (Lipinski definition) is 0. The second-order valence-electron chi connectivity index (χ2n) is 3.06. The number of esters is 1. The molecule has 0 unspecified atom stereocenters. The Morgan fingerprint density at radius 3 is 1.75 bits per heavy atom. The normalized spacial score (nSPS) is 11.5. The van der Waals surface area contributed by atoms with Gasteiger partial charge in [-0.2, -0.15) is 0 Å². The first-order valence-electron chi connectivity index (χ1n) is 5.62. The van der Waals surface area contributed by atoms with Crippen LogP contribution in [0.4, 0.5) is 0 Å². The van der Waals surface area contributed by atoms with Gasteiger partial charge in [0.1, 0.15) is 0 Å². The predicted molar refractivity (Wildman–Crippen MR) is 62.1 cm³/mol. The maximum absolute atomic E-state index is 11.1. The van der Waals surface area contributed by atoms with Gasteiger partial charge in [-0.1, -0.05) is 0 Å². The summed E-state index contributed by atoms with van der Waals surface area (Å²) in [5, 5.41) is 0. The Morgan fingerprint density at radius 2 is 1.44 bits per heavy atom. The first-order valence-corrected chi connectivity index (χ1v) is 7.56. The Hall–Kier alpha value is -0.433. The van der Waals surface area contributed by atoms with E-state index in [1.165, 1.54) is 7.11 Å². The van der Waals surface area contributed by atoms with Gasteiger partial charge >= 0.3 is 14.8 Å². The molecule has 0 rings (SSSR count). The molecule has 96 valence electrons. The van der Waals surface area contributed by atoms with Crippen LogP contribution in [0.15, 0.2) is 0 Å². The minimum absolute atomic E-state index is 0.267. The number of rotatable bonds is 9. The minimum atomic E-state index is -2.68. The van der Waals surface area contributed by atoms with E-state index in [4.69, 9.17) is 13.3 Å². The minimum Gasteiger partial charge on any atom is -0.469 e. The Bertz CT molecular complexity index is 181. The Labute approximate surface area is 98.4 Å². The average molecular weight is 250 g/mol. The molecule has 0 fully saturated rings. The Kier molecular flexibility index (Phi) is 8.45. The van der Waals surface area contributed by atoms with Crippen LogP contribution in [-0.2, 0) is 22.8 Å². The monoisotopic (exact) mass is 250 g/mol. The molecular formula is C10H22O5Si. The third-order valence-electron chi connectivity index (χ3n) is 1.96. The summed E-state index contributed by atoms with van der Waals surface area (Å²) in [5.74, 6) is -0.268. The van der Waals surface area contributed by atoms with Crippen LogP contribution in [0.3, 0.4) is 0 Å². The van der Waals surface area contributed by atoms with E-state index in [9.17, 15) is 4.79 Å². The lowest BCUT2D eigenvalue weighted by molar-refractivity contribution is -0.140. The molecule has 0 spiro atoms. The fraction of sp³-hybridized carbons (Fsp3) is 0.900. The van der Waals surface area contributed by atoms with E-state index in [0.29, 0.717) is 25.9 Å². The molecule has 0 aliphatic rings. The van der Waals surface area contributed by atoms with Crippen molar-refractivity contribution in [1.29, 1.82) is 0 Å². The molecule has 0 aliphatic carbocycles. The van der Waals surface area contributed by atoms with E-state index >= 15 is 0 Å². The summed E-state index contributed by atoms with van der Waals surface area (Å²) in [6, 6.07) is 0.467. The highest BCUT2D eigenvalue weighted by molar-refractivity contribution is 6.60. The molecule has 0 heterocycles. The van der Waals surface area contributed by atoms with Crippen molar-refractivity contribution in [2.24, 2.45) is 0 Å². The van der Waals surface area contributed by atoms with E-state index in [1.54, 1.807) is 0 Å². The third kappa shape index (κ3) is 5.60. The predicted octanol–water partition coefficient (Wildman–Crippen LogP) is 1.60. The zero-order chi connectivity index (χ0) is 12.4. The van der Waals surface area contributed by atoms with E-state index in [1.807, 2.05) is 20.8 Å². The SMILES string of the molecule is CCO[Si](CCC(=O)OC)(OCC)OCC. The molecule has 0 saturated heterocycles. The van der Waals surface area contributed by atoms with Crippen LogP contribution < -0.4 is 0 Å². The van der Waals surface area contributed by atoms with Gasteiger partial charge in [0.05, 0.1) is 7.11 Å². The molecule has 0 saturated carbocycles. The van der Waals surface area contributed by atoms with Gasteiger partial charge < -0.3 is 18.0 Å². The van der Waals surface area contributed by atoms with Gasteiger partial charge in [0.15, 0.2) is 0 Å². The largest absolute Gasteiger partial charge is 0.501 e. The van der Waals surface area contributed by atoms with Crippen LogP contribution in [0.1, 0.15) is 27.2 Å². The zero-order valence-electron chi connectivity index (χ0n) is 10.6. The number of methoxy groups -OCH3 is 1. The summed E-state index contributed by atoms with van der Waals surface area (Å²) < 4.78 is 21.4. The second kappa shape index (κ2) is 8.69. The summed E-state index contributed by atoms with van der Waals surface area (Å²) in [6.45, 7) is 7.22. The van der Waals surface area contributed by atoms with Crippen molar-refractivity contribution >= 4 is 14.8 Å². The van der Waals surface area contributed by atoms with Gasteiger partial charge in [-0.3, -0.25) is 4.79 Å². The van der Waals surface area contributed by atoms with Crippen LogP contribution in [0.25, 0.3) is 0 Å². The molecule has 0 aliphatic heterocycles. The lowest BCUT2D eigenvalue weighted by Gasteiger charge is -2.28. The van der Waals surface area contributed by atoms with Crippen molar-refractivity contribution in [3.05, 3.63) is 0 Å². The van der Waals surface area contributed by atoms with Crippen LogP contribution in [0.2, 0.25) is 6.04 Å². The Morgan fingerprint density at radius 1 is 1.00 bits per heavy atom. The fourth-order valence-electron chi connectivity index (χ4n) is 1.36. The number of hydrogen-bond acceptors (Lipinski definition) is 5. The summed E-state index contributed by atoms with van der Waals surface area (Å²) in [4.78, 5) is 11.1. The summed E-state index contributed by atoms with van der Waals surface area (Å²) in [7, 11) is -1.31. The average Bonchev–Trinajstić information content (AvgIpc) is 2.27. The van der Waals surface area contributed by atoms with Gasteiger partial charge in [0.25, 0.3) is 0 Å². The molecule has 0 aromatic heterocycles. The van der Waals surface area contributed by atoms with Gasteiger partial charge in [-0.15, -0.1) is 0 Å². The molecule has 0 atom stereocenters. The fourth-order valence-corrected chi connectivity index (χ4v) is 3.87. The van der Waals surface area contributed by atoms with Gasteiger partial charge in [0.2, 0.25) is 0 Å². The van der Waals surface area contributed by atoms with Crippen LogP contribution >= 0.6 is 0 Å². The maximum Gasteiger partial charge on any atom is 0.501 e. The molecule has 0 amide bonds. The van der Waals surface area contributed by atoms with Crippen molar-refractivity contribution in [2.75, 3.05) is 26.9 Å². The number of carbonyl (C=O) groups is 1. The molecule has 0 radical (unpaired) electrons. The van der Waals surface area contributed by atoms with Crippen LogP contribution in [0, 0.1) is 0 Å². The standard InChI is InChI=1S/C10H22O5Si/c1-5-13-16(14-6-2,15-7-3)9-8-10(11)12-4/h5-9H2,1-4H3. The van der Waals surface area contributed by atoms with E-state index < -0.39 is 8.80 Å².